The molecule has 1 saturated heterocycles. The third-order valence-corrected chi connectivity index (χ3v) is 2.13. The molecule has 0 aromatic rings. The van der Waals surface area contributed by atoms with Gasteiger partial charge in [-0.25, -0.2) is 0 Å². The van der Waals surface area contributed by atoms with Gasteiger partial charge in [0.15, 0.2) is 0 Å². The Hall–Kier alpha value is -0.0800. The summed E-state index contributed by atoms with van der Waals surface area (Å²) in [6, 6.07) is 0. The van der Waals surface area contributed by atoms with E-state index in [-0.39, 0.29) is 0 Å². The summed E-state index contributed by atoms with van der Waals surface area (Å²) in [5.74, 6) is 0.797. The maximum atomic E-state index is 5.27. The summed E-state index contributed by atoms with van der Waals surface area (Å²) in [6.45, 7) is 9.70. The summed E-state index contributed by atoms with van der Waals surface area (Å²) in [4.78, 5) is 2.45. The number of morpholine rings is 1. The van der Waals surface area contributed by atoms with Gasteiger partial charge in [0.1, 0.15) is 0 Å². The van der Waals surface area contributed by atoms with Gasteiger partial charge >= 0.3 is 0 Å². The van der Waals surface area contributed by atoms with Gasteiger partial charge in [0.2, 0.25) is 0 Å². The Labute approximate surface area is 75.9 Å². The first-order chi connectivity index (χ1) is 5.79. The lowest BCUT2D eigenvalue weighted by molar-refractivity contribution is 0.0413. The summed E-state index contributed by atoms with van der Waals surface area (Å²) < 4.78 is 5.27. The SMILES string of the molecule is CC(C)C[CH]CN1CCOCC1. The molecule has 2 heteroatoms. The highest BCUT2D eigenvalue weighted by Crippen LogP contribution is 2.04. The van der Waals surface area contributed by atoms with Crippen LogP contribution in [0.2, 0.25) is 0 Å². The van der Waals surface area contributed by atoms with Crippen molar-refractivity contribution in [2.75, 3.05) is 32.8 Å². The molecule has 1 heterocycles. The molecule has 12 heavy (non-hydrogen) atoms. The number of rotatable bonds is 4. The molecule has 0 amide bonds. The van der Waals surface area contributed by atoms with Crippen LogP contribution in [-0.2, 0) is 4.74 Å². The Morgan fingerprint density at radius 2 is 2.00 bits per heavy atom. The summed E-state index contributed by atoms with van der Waals surface area (Å²) >= 11 is 0. The molecular formula is C10H20NO. The minimum atomic E-state index is 0.797. The lowest BCUT2D eigenvalue weighted by atomic mass is 10.1. The molecule has 0 unspecified atom stereocenters. The number of nitrogens with zero attached hydrogens (tertiary/aromatic N) is 1. The Balaban J connectivity index is 1.98. The summed E-state index contributed by atoms with van der Waals surface area (Å²) in [7, 11) is 0. The zero-order valence-electron chi connectivity index (χ0n) is 8.25. The summed E-state index contributed by atoms with van der Waals surface area (Å²) in [5.41, 5.74) is 0. The van der Waals surface area contributed by atoms with Crippen molar-refractivity contribution < 1.29 is 4.74 Å². The maximum absolute atomic E-state index is 5.27. The normalized spacial score (nSPS) is 20.2. The second kappa shape index (κ2) is 5.55. The van der Waals surface area contributed by atoms with E-state index in [1.54, 1.807) is 0 Å². The predicted molar refractivity (Wildman–Crippen MR) is 51.0 cm³/mol. The van der Waals surface area contributed by atoms with E-state index in [0.29, 0.717) is 0 Å². The standard InChI is InChI=1S/C10H20NO/c1-10(2)4-3-5-11-6-8-12-9-7-11/h3,10H,4-9H2,1-2H3. The molecule has 71 valence electrons. The molecule has 0 bridgehead atoms. The smallest absolute Gasteiger partial charge is 0.0594 e. The molecule has 0 aromatic heterocycles. The van der Waals surface area contributed by atoms with Gasteiger partial charge in [-0.2, -0.15) is 0 Å². The van der Waals surface area contributed by atoms with Crippen molar-refractivity contribution in [1.29, 1.82) is 0 Å². The van der Waals surface area contributed by atoms with Crippen LogP contribution in [0.4, 0.5) is 0 Å². The molecule has 1 aliphatic rings. The van der Waals surface area contributed by atoms with E-state index in [1.165, 1.54) is 6.42 Å². The van der Waals surface area contributed by atoms with Crippen LogP contribution in [0.5, 0.6) is 0 Å². The van der Waals surface area contributed by atoms with Gasteiger partial charge in [-0.05, 0) is 18.8 Å². The number of ether oxygens (including phenoxy) is 1. The van der Waals surface area contributed by atoms with Gasteiger partial charge in [-0.3, -0.25) is 4.90 Å². The highest BCUT2D eigenvalue weighted by atomic mass is 16.5. The minimum Gasteiger partial charge on any atom is -0.379 e. The van der Waals surface area contributed by atoms with Crippen LogP contribution in [0.15, 0.2) is 0 Å². The fourth-order valence-corrected chi connectivity index (χ4v) is 1.37. The maximum Gasteiger partial charge on any atom is 0.0594 e. The molecule has 1 fully saturated rings. The topological polar surface area (TPSA) is 12.5 Å². The van der Waals surface area contributed by atoms with Gasteiger partial charge in [-0.1, -0.05) is 13.8 Å². The van der Waals surface area contributed by atoms with E-state index in [0.717, 1.165) is 38.8 Å². The second-order valence-corrected chi connectivity index (χ2v) is 3.83. The average molecular weight is 170 g/mol. The van der Waals surface area contributed by atoms with E-state index in [4.69, 9.17) is 4.74 Å². The molecule has 0 saturated carbocycles. The fourth-order valence-electron chi connectivity index (χ4n) is 1.37. The van der Waals surface area contributed by atoms with Gasteiger partial charge in [-0.15, -0.1) is 0 Å². The molecule has 1 aliphatic heterocycles. The van der Waals surface area contributed by atoms with Crippen LogP contribution in [0.25, 0.3) is 0 Å². The molecule has 0 N–H and O–H groups in total. The number of hydrogen-bond acceptors (Lipinski definition) is 2. The van der Waals surface area contributed by atoms with Crippen LogP contribution in [0, 0.1) is 12.3 Å². The Kier molecular flexibility index (Phi) is 4.62. The molecule has 0 aromatic carbocycles. The third kappa shape index (κ3) is 4.07. The Morgan fingerprint density at radius 1 is 1.33 bits per heavy atom. The highest BCUT2D eigenvalue weighted by Gasteiger charge is 2.09. The van der Waals surface area contributed by atoms with Crippen molar-refractivity contribution in [2.24, 2.45) is 5.92 Å². The van der Waals surface area contributed by atoms with Crippen LogP contribution in [-0.4, -0.2) is 37.7 Å². The molecule has 0 spiro atoms. The third-order valence-electron chi connectivity index (χ3n) is 2.13. The number of hydrogen-bond donors (Lipinski definition) is 0. The van der Waals surface area contributed by atoms with Crippen molar-refractivity contribution in [1.82, 2.24) is 4.90 Å². The van der Waals surface area contributed by atoms with Crippen LogP contribution < -0.4 is 0 Å². The lowest BCUT2D eigenvalue weighted by Crippen LogP contribution is -2.37. The minimum absolute atomic E-state index is 0.797. The van der Waals surface area contributed by atoms with Gasteiger partial charge in [0.05, 0.1) is 13.2 Å². The molecule has 0 aliphatic carbocycles. The van der Waals surface area contributed by atoms with Gasteiger partial charge < -0.3 is 4.74 Å². The van der Waals surface area contributed by atoms with E-state index in [1.807, 2.05) is 0 Å². The second-order valence-electron chi connectivity index (χ2n) is 3.83. The average Bonchev–Trinajstić information content (AvgIpc) is 2.05. The van der Waals surface area contributed by atoms with Crippen molar-refractivity contribution in [3.05, 3.63) is 6.42 Å². The van der Waals surface area contributed by atoms with Crippen LogP contribution in [0.1, 0.15) is 20.3 Å². The summed E-state index contributed by atoms with van der Waals surface area (Å²) in [5, 5.41) is 0. The van der Waals surface area contributed by atoms with Crippen LogP contribution in [0.3, 0.4) is 0 Å². The molecule has 1 rings (SSSR count). The largest absolute Gasteiger partial charge is 0.379 e. The molecule has 0 atom stereocenters. The van der Waals surface area contributed by atoms with E-state index < -0.39 is 0 Å². The summed E-state index contributed by atoms with van der Waals surface area (Å²) in [6.07, 6.45) is 3.62. The highest BCUT2D eigenvalue weighted by molar-refractivity contribution is 4.73. The van der Waals surface area contributed by atoms with E-state index in [2.05, 4.69) is 25.2 Å². The molecule has 2 nitrogen and oxygen atoms in total. The first kappa shape index (κ1) is 10.0. The quantitative estimate of drug-likeness (QED) is 0.635. The first-order valence-corrected chi connectivity index (χ1v) is 4.91. The van der Waals surface area contributed by atoms with Gasteiger partial charge in [0.25, 0.3) is 0 Å². The predicted octanol–water partition coefficient (Wildman–Crippen LogP) is 1.57. The Bertz CT molecular complexity index is 108. The fraction of sp³-hybridized carbons (Fsp3) is 0.900. The van der Waals surface area contributed by atoms with Crippen molar-refractivity contribution in [3.8, 4) is 0 Å². The Morgan fingerprint density at radius 3 is 2.58 bits per heavy atom. The van der Waals surface area contributed by atoms with E-state index >= 15 is 0 Å². The molecular weight excluding hydrogens is 150 g/mol. The first-order valence-electron chi connectivity index (χ1n) is 4.91. The monoisotopic (exact) mass is 170 g/mol. The lowest BCUT2D eigenvalue weighted by Gasteiger charge is -2.26. The zero-order chi connectivity index (χ0) is 8.81. The van der Waals surface area contributed by atoms with Crippen molar-refractivity contribution in [2.45, 2.75) is 20.3 Å². The van der Waals surface area contributed by atoms with E-state index in [9.17, 15) is 0 Å². The van der Waals surface area contributed by atoms with Gasteiger partial charge in [0, 0.05) is 19.6 Å². The van der Waals surface area contributed by atoms with Crippen molar-refractivity contribution >= 4 is 0 Å². The zero-order valence-corrected chi connectivity index (χ0v) is 8.25. The van der Waals surface area contributed by atoms with Crippen LogP contribution >= 0.6 is 0 Å². The molecule has 1 radical (unpaired) electrons. The van der Waals surface area contributed by atoms with Crippen molar-refractivity contribution in [3.63, 3.8) is 0 Å².